The van der Waals surface area contributed by atoms with Gasteiger partial charge in [0.1, 0.15) is 0 Å². The standard InChI is InChI=1S/C16H18O3S/c1-2-12-5-3-6-13(9-12)16(17)10-14-7-4-8-15(11-16)20(14,18)19/h1,3,5-6,9,14-15,17H,4,7-8,10-11H2. The van der Waals surface area contributed by atoms with E-state index in [-0.39, 0.29) is 0 Å². The van der Waals surface area contributed by atoms with Gasteiger partial charge in [-0.2, -0.15) is 0 Å². The van der Waals surface area contributed by atoms with E-state index in [4.69, 9.17) is 6.42 Å². The van der Waals surface area contributed by atoms with Crippen molar-refractivity contribution in [1.29, 1.82) is 0 Å². The highest BCUT2D eigenvalue weighted by molar-refractivity contribution is 7.92. The molecule has 2 fully saturated rings. The predicted octanol–water partition coefficient (Wildman–Crippen LogP) is 1.99. The third-order valence-corrected chi connectivity index (χ3v) is 7.34. The minimum atomic E-state index is -3.06. The zero-order chi connectivity index (χ0) is 14.4. The minimum absolute atomic E-state index is 0.292. The predicted molar refractivity (Wildman–Crippen MR) is 77.9 cm³/mol. The normalized spacial score (nSPS) is 35.2. The van der Waals surface area contributed by atoms with Gasteiger partial charge in [0.2, 0.25) is 0 Å². The highest BCUT2D eigenvalue weighted by Crippen LogP contribution is 2.46. The number of fused-ring (bicyclic) bond motifs is 2. The maximum Gasteiger partial charge on any atom is 0.156 e. The molecule has 0 spiro atoms. The lowest BCUT2D eigenvalue weighted by Crippen LogP contribution is -2.50. The van der Waals surface area contributed by atoms with Gasteiger partial charge in [-0.15, -0.1) is 6.42 Å². The Kier molecular flexibility index (Phi) is 3.15. The first-order valence-corrected chi connectivity index (χ1v) is 8.59. The summed E-state index contributed by atoms with van der Waals surface area (Å²) in [4.78, 5) is 0. The van der Waals surface area contributed by atoms with Crippen LogP contribution in [-0.2, 0) is 15.4 Å². The summed E-state index contributed by atoms with van der Waals surface area (Å²) in [7, 11) is -3.06. The molecule has 0 amide bonds. The van der Waals surface area contributed by atoms with Gasteiger partial charge >= 0.3 is 0 Å². The van der Waals surface area contributed by atoms with E-state index in [0.717, 1.165) is 17.5 Å². The molecule has 0 aromatic heterocycles. The van der Waals surface area contributed by atoms with E-state index in [0.29, 0.717) is 25.7 Å². The highest BCUT2D eigenvalue weighted by atomic mass is 32.2. The van der Waals surface area contributed by atoms with E-state index in [2.05, 4.69) is 5.92 Å². The molecule has 0 aliphatic carbocycles. The molecule has 1 N–H and O–H groups in total. The lowest BCUT2D eigenvalue weighted by molar-refractivity contribution is 0.00499. The number of terminal acetylenes is 1. The minimum Gasteiger partial charge on any atom is -0.385 e. The fraction of sp³-hybridized carbons (Fsp3) is 0.500. The van der Waals surface area contributed by atoms with Crippen LogP contribution in [0.15, 0.2) is 24.3 Å². The second-order valence-corrected chi connectivity index (χ2v) is 8.44. The van der Waals surface area contributed by atoms with Crippen molar-refractivity contribution in [3.8, 4) is 12.3 Å². The molecule has 3 nitrogen and oxygen atoms in total. The van der Waals surface area contributed by atoms with E-state index in [1.807, 2.05) is 18.2 Å². The molecule has 20 heavy (non-hydrogen) atoms. The Morgan fingerprint density at radius 1 is 1.25 bits per heavy atom. The Labute approximate surface area is 119 Å². The van der Waals surface area contributed by atoms with Crippen LogP contribution >= 0.6 is 0 Å². The average molecular weight is 290 g/mol. The summed E-state index contributed by atoms with van der Waals surface area (Å²) in [5, 5.41) is 10.2. The summed E-state index contributed by atoms with van der Waals surface area (Å²) in [5.74, 6) is 2.56. The highest BCUT2D eigenvalue weighted by Gasteiger charge is 2.50. The summed E-state index contributed by atoms with van der Waals surface area (Å²) in [6.45, 7) is 0. The molecule has 2 aliphatic rings. The van der Waals surface area contributed by atoms with Crippen molar-refractivity contribution in [2.45, 2.75) is 48.2 Å². The van der Waals surface area contributed by atoms with Crippen molar-refractivity contribution in [1.82, 2.24) is 0 Å². The Morgan fingerprint density at radius 3 is 2.50 bits per heavy atom. The zero-order valence-electron chi connectivity index (χ0n) is 11.2. The van der Waals surface area contributed by atoms with Crippen LogP contribution in [0, 0.1) is 12.3 Å². The van der Waals surface area contributed by atoms with Crippen LogP contribution in [0.3, 0.4) is 0 Å². The van der Waals surface area contributed by atoms with Gasteiger partial charge < -0.3 is 5.11 Å². The number of hydrogen-bond donors (Lipinski definition) is 1. The molecule has 2 unspecified atom stereocenters. The molecule has 1 aromatic carbocycles. The molecule has 2 bridgehead atoms. The zero-order valence-corrected chi connectivity index (χ0v) is 12.1. The third kappa shape index (κ3) is 2.06. The lowest BCUT2D eigenvalue weighted by Gasteiger charge is -2.44. The fourth-order valence-electron chi connectivity index (χ4n) is 3.58. The summed E-state index contributed by atoms with van der Waals surface area (Å²) >= 11 is 0. The van der Waals surface area contributed by atoms with Crippen molar-refractivity contribution in [2.24, 2.45) is 0 Å². The molecule has 3 rings (SSSR count). The molecule has 106 valence electrons. The van der Waals surface area contributed by atoms with Gasteiger partial charge in [-0.1, -0.05) is 24.5 Å². The topological polar surface area (TPSA) is 54.4 Å². The monoisotopic (exact) mass is 290 g/mol. The lowest BCUT2D eigenvalue weighted by atomic mass is 9.80. The number of hydrogen-bond acceptors (Lipinski definition) is 3. The largest absolute Gasteiger partial charge is 0.385 e. The van der Waals surface area contributed by atoms with Crippen molar-refractivity contribution in [2.75, 3.05) is 0 Å². The van der Waals surface area contributed by atoms with E-state index in [9.17, 15) is 13.5 Å². The Balaban J connectivity index is 2.00. The second kappa shape index (κ2) is 4.61. The van der Waals surface area contributed by atoms with Crippen LogP contribution in [-0.4, -0.2) is 24.0 Å². The van der Waals surface area contributed by atoms with E-state index in [1.165, 1.54) is 0 Å². The van der Waals surface area contributed by atoms with E-state index < -0.39 is 25.9 Å². The molecule has 2 heterocycles. The number of aliphatic hydroxyl groups is 1. The molecule has 2 saturated heterocycles. The molecule has 2 aliphatic heterocycles. The van der Waals surface area contributed by atoms with Gasteiger partial charge in [-0.3, -0.25) is 0 Å². The summed E-state index contributed by atoms with van der Waals surface area (Å²) in [6.07, 6.45) is 8.25. The van der Waals surface area contributed by atoms with Crippen molar-refractivity contribution < 1.29 is 13.5 Å². The number of sulfone groups is 1. The van der Waals surface area contributed by atoms with Crippen LogP contribution < -0.4 is 0 Å². The maximum atomic E-state index is 12.3. The van der Waals surface area contributed by atoms with Gasteiger partial charge in [0.15, 0.2) is 9.84 Å². The van der Waals surface area contributed by atoms with Crippen LogP contribution in [0.2, 0.25) is 0 Å². The van der Waals surface area contributed by atoms with E-state index >= 15 is 0 Å². The Hall–Kier alpha value is -1.31. The van der Waals surface area contributed by atoms with Crippen LogP contribution in [0.25, 0.3) is 0 Å². The van der Waals surface area contributed by atoms with Crippen LogP contribution in [0.4, 0.5) is 0 Å². The number of benzene rings is 1. The van der Waals surface area contributed by atoms with E-state index in [1.54, 1.807) is 6.07 Å². The molecule has 2 atom stereocenters. The Morgan fingerprint density at radius 2 is 1.90 bits per heavy atom. The molecular weight excluding hydrogens is 272 g/mol. The summed E-state index contributed by atoms with van der Waals surface area (Å²) < 4.78 is 24.6. The van der Waals surface area contributed by atoms with Gasteiger partial charge in [-0.25, -0.2) is 8.42 Å². The van der Waals surface area contributed by atoms with Crippen LogP contribution in [0.5, 0.6) is 0 Å². The van der Waals surface area contributed by atoms with Gasteiger partial charge in [-0.05, 0) is 43.4 Å². The SMILES string of the molecule is C#Cc1cccc(C2(O)CC3CCCC(C2)S3(=O)=O)c1. The van der Waals surface area contributed by atoms with Gasteiger partial charge in [0, 0.05) is 5.56 Å². The quantitative estimate of drug-likeness (QED) is 0.805. The maximum absolute atomic E-state index is 12.3. The van der Waals surface area contributed by atoms with Crippen molar-refractivity contribution >= 4 is 9.84 Å². The van der Waals surface area contributed by atoms with Gasteiger partial charge in [0.25, 0.3) is 0 Å². The average Bonchev–Trinajstić information content (AvgIpc) is 2.41. The molecule has 0 radical (unpaired) electrons. The molecule has 1 aromatic rings. The van der Waals surface area contributed by atoms with Gasteiger partial charge in [0.05, 0.1) is 16.1 Å². The van der Waals surface area contributed by atoms with Crippen molar-refractivity contribution in [3.05, 3.63) is 35.4 Å². The fourth-order valence-corrected chi connectivity index (χ4v) is 6.13. The molecule has 0 saturated carbocycles. The number of rotatable bonds is 1. The summed E-state index contributed by atoms with van der Waals surface area (Å²) in [6, 6.07) is 7.27. The smallest absolute Gasteiger partial charge is 0.156 e. The second-order valence-electron chi connectivity index (χ2n) is 5.93. The van der Waals surface area contributed by atoms with Crippen LogP contribution in [0.1, 0.15) is 43.2 Å². The molecular formula is C16H18O3S. The third-order valence-electron chi connectivity index (χ3n) is 4.68. The molecule has 4 heteroatoms. The Bertz CT molecular complexity index is 649. The first-order chi connectivity index (χ1) is 9.45. The first kappa shape index (κ1) is 13.7. The van der Waals surface area contributed by atoms with Crippen molar-refractivity contribution in [3.63, 3.8) is 0 Å². The first-order valence-electron chi connectivity index (χ1n) is 6.98. The summed E-state index contributed by atoms with van der Waals surface area (Å²) in [5.41, 5.74) is 0.405.